The molecule has 0 unspecified atom stereocenters. The maximum absolute atomic E-state index is 13.6. The Bertz CT molecular complexity index is 2390. The first-order valence-corrected chi connectivity index (χ1v) is 19.4. The van der Waals surface area contributed by atoms with Gasteiger partial charge in [0, 0.05) is 67.1 Å². The molecule has 1 aliphatic heterocycles. The molecule has 2 aromatic heterocycles. The Morgan fingerprint density at radius 1 is 1.06 bits per heavy atom. The van der Waals surface area contributed by atoms with Crippen LogP contribution in [0.25, 0.3) is 16.6 Å². The maximum Gasteiger partial charge on any atom is 0.293 e. The summed E-state index contributed by atoms with van der Waals surface area (Å²) >= 11 is 6.21. The van der Waals surface area contributed by atoms with Crippen LogP contribution < -0.4 is 20.1 Å². The number of amides is 1. The van der Waals surface area contributed by atoms with Gasteiger partial charge < -0.3 is 20.4 Å². The van der Waals surface area contributed by atoms with E-state index in [1.165, 1.54) is 29.0 Å². The summed E-state index contributed by atoms with van der Waals surface area (Å²) in [4.78, 5) is 35.8. The first kappa shape index (κ1) is 36.9. The molecule has 0 atom stereocenters. The van der Waals surface area contributed by atoms with Gasteiger partial charge in [0.2, 0.25) is 0 Å². The Morgan fingerprint density at radius 3 is 2.56 bits per heavy atom. The highest BCUT2D eigenvalue weighted by Crippen LogP contribution is 2.43. The van der Waals surface area contributed by atoms with E-state index in [0.717, 1.165) is 86.3 Å². The van der Waals surface area contributed by atoms with E-state index >= 15 is 0 Å². The van der Waals surface area contributed by atoms with Gasteiger partial charge in [-0.2, -0.15) is 0 Å². The molecule has 1 saturated heterocycles. The summed E-state index contributed by atoms with van der Waals surface area (Å²) in [6.45, 7) is 8.62. The fourth-order valence-electron chi connectivity index (χ4n) is 7.06. The van der Waals surface area contributed by atoms with Crippen LogP contribution in [-0.4, -0.2) is 66.8 Å². The third-order valence-corrected chi connectivity index (χ3v) is 11.7. The predicted molar refractivity (Wildman–Crippen MR) is 209 cm³/mol. The van der Waals surface area contributed by atoms with Crippen molar-refractivity contribution < 1.29 is 22.9 Å². The first-order chi connectivity index (χ1) is 25.7. The molecule has 1 fully saturated rings. The Morgan fingerprint density at radius 2 is 1.81 bits per heavy atom. The number of nitrogens with one attached hydrogen (secondary N) is 2. The lowest BCUT2D eigenvalue weighted by Gasteiger charge is -2.39. The predicted octanol–water partition coefficient (Wildman–Crippen LogP) is 7.40. The summed E-state index contributed by atoms with van der Waals surface area (Å²) in [5.74, 6) is -0.516. The van der Waals surface area contributed by atoms with Gasteiger partial charge in [-0.05, 0) is 84.3 Å². The van der Waals surface area contributed by atoms with Crippen molar-refractivity contribution in [2.45, 2.75) is 38.0 Å². The number of nitro benzene ring substituents is 1. The number of rotatable bonds is 10. The van der Waals surface area contributed by atoms with E-state index < -0.39 is 31.4 Å². The van der Waals surface area contributed by atoms with Crippen LogP contribution in [0.1, 0.15) is 49.0 Å². The van der Waals surface area contributed by atoms with E-state index in [4.69, 9.17) is 22.1 Å². The van der Waals surface area contributed by atoms with Gasteiger partial charge in [-0.25, -0.2) is 18.1 Å². The van der Waals surface area contributed by atoms with E-state index in [1.54, 1.807) is 24.4 Å². The molecule has 3 heterocycles. The van der Waals surface area contributed by atoms with Gasteiger partial charge in [-0.15, -0.1) is 0 Å². The molecular weight excluding hydrogens is 730 g/mol. The molecule has 4 N–H and O–H groups in total. The van der Waals surface area contributed by atoms with E-state index in [9.17, 15) is 23.3 Å². The average Bonchev–Trinajstić information content (AvgIpc) is 3.61. The summed E-state index contributed by atoms with van der Waals surface area (Å²) in [6, 6.07) is 19.7. The molecule has 0 saturated carbocycles. The number of pyridine rings is 1. The lowest BCUT2D eigenvalue weighted by atomic mass is 9.72. The zero-order valence-corrected chi connectivity index (χ0v) is 31.4. The van der Waals surface area contributed by atoms with Crippen LogP contribution in [0.5, 0.6) is 11.5 Å². The third-order valence-electron chi connectivity index (χ3n) is 10.1. The smallest absolute Gasteiger partial charge is 0.293 e. The minimum atomic E-state index is -4.53. The largest absolute Gasteiger partial charge is 0.455 e. The number of halogens is 1. The Labute approximate surface area is 318 Å². The third kappa shape index (κ3) is 8.05. The van der Waals surface area contributed by atoms with Crippen LogP contribution in [-0.2, 0) is 10.0 Å². The molecule has 0 spiro atoms. The number of carbonyl (C=O) groups excluding carboxylic acids is 1. The van der Waals surface area contributed by atoms with Crippen LogP contribution >= 0.6 is 11.6 Å². The molecule has 1 aliphatic carbocycles. The molecule has 15 heteroatoms. The minimum absolute atomic E-state index is 0.0537. The summed E-state index contributed by atoms with van der Waals surface area (Å²) in [5.41, 5.74) is 10.6. The standard InChI is InChI=1S/C39H40ClN7O6S/c1-39(2)13-11-27(33(22-39)25-3-5-28(40)6-4-25)24-45-15-17-46(18-16-45)29-7-9-32(36(20-29)53-30-19-26-12-14-42-37(26)43-23-30)38(48)44-54(51,52)31-8-10-34(41)35(21-31)47(49)50/h3-10,12,14,19-21,23H,11,13,15-18,22,24,41H2,1-2H3,(H,42,43)(H,44,48). The summed E-state index contributed by atoms with van der Waals surface area (Å²) in [7, 11) is -4.53. The second-order valence-electron chi connectivity index (χ2n) is 14.5. The van der Waals surface area contributed by atoms with Crippen molar-refractivity contribution in [2.75, 3.05) is 43.4 Å². The van der Waals surface area contributed by atoms with Crippen molar-refractivity contribution in [3.05, 3.63) is 117 Å². The number of sulfonamides is 1. The van der Waals surface area contributed by atoms with Crippen molar-refractivity contribution in [2.24, 2.45) is 5.41 Å². The average molecular weight is 770 g/mol. The molecule has 54 heavy (non-hydrogen) atoms. The first-order valence-electron chi connectivity index (χ1n) is 17.5. The maximum atomic E-state index is 13.6. The Kier molecular flexibility index (Phi) is 10.1. The fraction of sp³-hybridized carbons (Fsp3) is 0.282. The number of nitrogens with two attached hydrogens (primary N) is 1. The second-order valence-corrected chi connectivity index (χ2v) is 16.6. The van der Waals surface area contributed by atoms with Gasteiger partial charge in [0.1, 0.15) is 22.8 Å². The molecule has 1 amide bonds. The summed E-state index contributed by atoms with van der Waals surface area (Å²) in [6.07, 6.45) is 6.45. The highest BCUT2D eigenvalue weighted by molar-refractivity contribution is 7.90. The molecule has 2 aliphatic rings. The number of anilines is 2. The number of allylic oxidation sites excluding steroid dienone is 1. The van der Waals surface area contributed by atoms with Gasteiger partial charge in [-0.3, -0.25) is 19.8 Å². The van der Waals surface area contributed by atoms with Crippen LogP contribution in [0.3, 0.4) is 0 Å². The second kappa shape index (κ2) is 14.8. The number of benzene rings is 3. The van der Waals surface area contributed by atoms with E-state index in [0.29, 0.717) is 11.4 Å². The zero-order valence-electron chi connectivity index (χ0n) is 29.8. The number of hydrogen-bond acceptors (Lipinski definition) is 10. The van der Waals surface area contributed by atoms with E-state index in [1.807, 2.05) is 22.9 Å². The van der Waals surface area contributed by atoms with Crippen LogP contribution in [0.4, 0.5) is 17.1 Å². The molecule has 280 valence electrons. The molecule has 0 radical (unpaired) electrons. The number of aromatic amines is 1. The van der Waals surface area contributed by atoms with Crippen molar-refractivity contribution in [3.63, 3.8) is 0 Å². The number of piperazine rings is 1. The monoisotopic (exact) mass is 769 g/mol. The number of ether oxygens (including phenoxy) is 1. The van der Waals surface area contributed by atoms with Gasteiger partial charge in [-0.1, -0.05) is 43.2 Å². The minimum Gasteiger partial charge on any atom is -0.455 e. The fourth-order valence-corrected chi connectivity index (χ4v) is 8.18. The normalized spacial score (nSPS) is 16.4. The summed E-state index contributed by atoms with van der Waals surface area (Å²) in [5, 5.41) is 12.9. The SMILES string of the molecule is CC1(C)CCC(CN2CCN(c3ccc(C(=O)NS(=O)(=O)c4ccc(N)c([N+](=O)[O-])c4)c(Oc4cnc5[nH]ccc5c4)c3)CC2)=C(c2ccc(Cl)cc2)C1. The van der Waals surface area contributed by atoms with E-state index in [-0.39, 0.29) is 22.4 Å². The lowest BCUT2D eigenvalue weighted by Crippen LogP contribution is -2.47. The van der Waals surface area contributed by atoms with Crippen LogP contribution in [0.15, 0.2) is 95.7 Å². The molecule has 5 aromatic rings. The molecule has 0 bridgehead atoms. The number of aromatic nitrogens is 2. The molecule has 13 nitrogen and oxygen atoms in total. The molecular formula is C39H40ClN7O6S. The highest BCUT2D eigenvalue weighted by atomic mass is 35.5. The van der Waals surface area contributed by atoms with Gasteiger partial charge in [0.15, 0.2) is 0 Å². The van der Waals surface area contributed by atoms with Gasteiger partial charge in [0.25, 0.3) is 21.6 Å². The van der Waals surface area contributed by atoms with Crippen LogP contribution in [0.2, 0.25) is 5.02 Å². The number of nitrogens with zero attached hydrogens (tertiary/aromatic N) is 4. The van der Waals surface area contributed by atoms with Gasteiger partial charge >= 0.3 is 0 Å². The number of carbonyl (C=O) groups is 1. The van der Waals surface area contributed by atoms with Crippen molar-refractivity contribution >= 4 is 61.2 Å². The number of H-pyrrole nitrogens is 1. The van der Waals surface area contributed by atoms with E-state index in [2.05, 4.69) is 45.7 Å². The lowest BCUT2D eigenvalue weighted by molar-refractivity contribution is -0.384. The Hall–Kier alpha value is -5.44. The zero-order chi connectivity index (χ0) is 38.2. The molecule has 7 rings (SSSR count). The topological polar surface area (TPSA) is 177 Å². The van der Waals surface area contributed by atoms with Crippen LogP contribution in [0, 0.1) is 15.5 Å². The number of hydrogen-bond donors (Lipinski definition) is 3. The summed E-state index contributed by atoms with van der Waals surface area (Å²) < 4.78 is 34.8. The van der Waals surface area contributed by atoms with Crippen molar-refractivity contribution in [3.8, 4) is 11.5 Å². The quantitative estimate of drug-likeness (QED) is 0.0737. The van der Waals surface area contributed by atoms with Crippen molar-refractivity contribution in [1.29, 1.82) is 0 Å². The van der Waals surface area contributed by atoms with Crippen molar-refractivity contribution in [1.82, 2.24) is 19.6 Å². The highest BCUT2D eigenvalue weighted by Gasteiger charge is 2.30. The number of nitro groups is 1. The molecule has 3 aromatic carbocycles. The number of fused-ring (bicyclic) bond motifs is 1. The Balaban J connectivity index is 1.12. The van der Waals surface area contributed by atoms with Gasteiger partial charge in [0.05, 0.1) is 21.6 Å². The number of nitrogen functional groups attached to an aromatic ring is 1.